The first kappa shape index (κ1) is 20.1. The maximum absolute atomic E-state index is 12.4. The van der Waals surface area contributed by atoms with E-state index in [1.54, 1.807) is 11.0 Å². The minimum absolute atomic E-state index is 0.177. The van der Waals surface area contributed by atoms with Gasteiger partial charge >= 0.3 is 0 Å². The van der Waals surface area contributed by atoms with E-state index in [-0.39, 0.29) is 5.91 Å². The quantitative estimate of drug-likeness (QED) is 0.433. The SMILES string of the molecule is CSNC(=O)c1nc(N(Cc2ccccc2)c2ccc(-n3cncn3)cc2)sc1C. The average molecular weight is 437 g/mol. The highest BCUT2D eigenvalue weighted by molar-refractivity contribution is 7.97. The average Bonchev–Trinajstić information content (AvgIpc) is 3.43. The van der Waals surface area contributed by atoms with Gasteiger partial charge in [0.05, 0.1) is 12.2 Å². The Hall–Kier alpha value is -3.17. The topological polar surface area (TPSA) is 75.9 Å². The monoisotopic (exact) mass is 436 g/mol. The van der Waals surface area contributed by atoms with Gasteiger partial charge in [0.25, 0.3) is 5.91 Å². The standard InChI is InChI=1S/C21H20N6OS2/c1-15-19(20(28)25-29-2)24-21(30-15)26(12-16-6-4-3-5-7-16)17-8-10-18(11-9-17)27-14-22-13-23-27/h3-11,13-14H,12H2,1-2H3,(H,25,28). The van der Waals surface area contributed by atoms with Gasteiger partial charge in [0, 0.05) is 16.8 Å². The molecule has 7 nitrogen and oxygen atoms in total. The lowest BCUT2D eigenvalue weighted by atomic mass is 10.2. The third-order valence-electron chi connectivity index (χ3n) is 4.45. The van der Waals surface area contributed by atoms with Gasteiger partial charge in [-0.2, -0.15) is 5.10 Å². The van der Waals surface area contributed by atoms with Crippen LogP contribution in [0.3, 0.4) is 0 Å². The number of anilines is 2. The summed E-state index contributed by atoms with van der Waals surface area (Å²) in [6.45, 7) is 2.56. The number of benzene rings is 2. The van der Waals surface area contributed by atoms with Crippen molar-refractivity contribution in [2.75, 3.05) is 11.2 Å². The summed E-state index contributed by atoms with van der Waals surface area (Å²) in [4.78, 5) is 24.0. The molecule has 1 N–H and O–H groups in total. The zero-order chi connectivity index (χ0) is 20.9. The number of aromatic nitrogens is 4. The van der Waals surface area contributed by atoms with Crippen LogP contribution in [-0.2, 0) is 6.54 Å². The third-order valence-corrected chi connectivity index (χ3v) is 5.84. The molecule has 2 heterocycles. The van der Waals surface area contributed by atoms with E-state index in [0.29, 0.717) is 12.2 Å². The largest absolute Gasteiger partial charge is 0.313 e. The van der Waals surface area contributed by atoms with Crippen LogP contribution >= 0.6 is 23.3 Å². The molecule has 0 atom stereocenters. The van der Waals surface area contributed by atoms with E-state index >= 15 is 0 Å². The Labute approximate surface area is 182 Å². The second-order valence-electron chi connectivity index (χ2n) is 6.46. The number of rotatable bonds is 7. The summed E-state index contributed by atoms with van der Waals surface area (Å²) in [6, 6.07) is 18.2. The molecular weight excluding hydrogens is 416 g/mol. The van der Waals surface area contributed by atoms with Gasteiger partial charge in [-0.15, -0.1) is 11.3 Å². The van der Waals surface area contributed by atoms with Crippen LogP contribution in [0.2, 0.25) is 0 Å². The molecule has 4 aromatic rings. The fourth-order valence-electron chi connectivity index (χ4n) is 3.01. The Kier molecular flexibility index (Phi) is 6.10. The Morgan fingerprint density at radius 3 is 2.60 bits per heavy atom. The van der Waals surface area contributed by atoms with Crippen molar-refractivity contribution in [3.8, 4) is 5.69 Å². The van der Waals surface area contributed by atoms with Gasteiger partial charge in [-0.25, -0.2) is 14.6 Å². The number of aryl methyl sites for hydroxylation is 1. The molecule has 0 unspecified atom stereocenters. The van der Waals surface area contributed by atoms with E-state index in [2.05, 4.69) is 36.8 Å². The molecule has 30 heavy (non-hydrogen) atoms. The summed E-state index contributed by atoms with van der Waals surface area (Å²) in [6.07, 6.45) is 4.99. The predicted molar refractivity (Wildman–Crippen MR) is 121 cm³/mol. The minimum atomic E-state index is -0.177. The highest BCUT2D eigenvalue weighted by Gasteiger charge is 2.20. The number of carbonyl (C=O) groups excluding carboxylic acids is 1. The van der Waals surface area contributed by atoms with Crippen molar-refractivity contribution in [1.82, 2.24) is 24.5 Å². The Bertz CT molecular complexity index is 1110. The van der Waals surface area contributed by atoms with E-state index in [4.69, 9.17) is 0 Å². The van der Waals surface area contributed by atoms with Crippen LogP contribution in [0.15, 0.2) is 67.3 Å². The molecule has 152 valence electrons. The van der Waals surface area contributed by atoms with Crippen LogP contribution in [0.25, 0.3) is 5.69 Å². The molecule has 2 aromatic carbocycles. The maximum atomic E-state index is 12.4. The highest BCUT2D eigenvalue weighted by Crippen LogP contribution is 2.33. The number of carbonyl (C=O) groups is 1. The molecule has 4 rings (SSSR count). The molecule has 9 heteroatoms. The molecule has 0 spiro atoms. The Morgan fingerprint density at radius 1 is 1.17 bits per heavy atom. The lowest BCUT2D eigenvalue weighted by Crippen LogP contribution is -2.19. The molecular formula is C21H20N6OS2. The summed E-state index contributed by atoms with van der Waals surface area (Å²) in [5.74, 6) is -0.177. The van der Waals surface area contributed by atoms with Crippen molar-refractivity contribution in [2.24, 2.45) is 0 Å². The van der Waals surface area contributed by atoms with Crippen molar-refractivity contribution in [3.63, 3.8) is 0 Å². The van der Waals surface area contributed by atoms with Gasteiger partial charge in [-0.1, -0.05) is 42.3 Å². The number of hydrogen-bond acceptors (Lipinski definition) is 7. The first-order valence-electron chi connectivity index (χ1n) is 9.23. The Morgan fingerprint density at radius 2 is 1.93 bits per heavy atom. The number of nitrogens with one attached hydrogen (secondary N) is 1. The first-order valence-corrected chi connectivity index (χ1v) is 11.3. The van der Waals surface area contributed by atoms with Crippen LogP contribution in [0.5, 0.6) is 0 Å². The smallest absolute Gasteiger partial charge is 0.280 e. The van der Waals surface area contributed by atoms with Crippen LogP contribution in [-0.4, -0.2) is 31.9 Å². The van der Waals surface area contributed by atoms with E-state index in [1.165, 1.54) is 29.6 Å². The molecule has 0 fully saturated rings. The molecule has 0 aliphatic carbocycles. The van der Waals surface area contributed by atoms with Crippen molar-refractivity contribution >= 4 is 40.0 Å². The van der Waals surface area contributed by atoms with Gasteiger partial charge in [-0.05, 0) is 36.8 Å². The summed E-state index contributed by atoms with van der Waals surface area (Å²) < 4.78 is 4.47. The summed E-state index contributed by atoms with van der Waals surface area (Å²) in [5.41, 5.74) is 3.52. The molecule has 1 amide bonds. The van der Waals surface area contributed by atoms with Crippen LogP contribution in [0, 0.1) is 6.92 Å². The van der Waals surface area contributed by atoms with E-state index in [1.807, 2.05) is 55.6 Å². The van der Waals surface area contributed by atoms with Gasteiger partial charge in [0.15, 0.2) is 5.13 Å². The van der Waals surface area contributed by atoms with Crippen molar-refractivity contribution < 1.29 is 4.79 Å². The Balaban J connectivity index is 1.70. The van der Waals surface area contributed by atoms with Gasteiger partial charge in [0.2, 0.25) is 0 Å². The molecule has 0 saturated heterocycles. The zero-order valence-electron chi connectivity index (χ0n) is 16.5. The lowest BCUT2D eigenvalue weighted by Gasteiger charge is -2.22. The van der Waals surface area contributed by atoms with Crippen LogP contribution < -0.4 is 9.62 Å². The predicted octanol–water partition coefficient (Wildman–Crippen LogP) is 4.38. The molecule has 2 aromatic heterocycles. The van der Waals surface area contributed by atoms with Crippen molar-refractivity contribution in [3.05, 3.63) is 83.4 Å². The van der Waals surface area contributed by atoms with E-state index in [0.717, 1.165) is 26.9 Å². The van der Waals surface area contributed by atoms with Gasteiger partial charge in [0.1, 0.15) is 18.3 Å². The molecule has 0 aliphatic rings. The van der Waals surface area contributed by atoms with Gasteiger partial charge < -0.3 is 4.90 Å². The third kappa shape index (κ3) is 4.37. The second kappa shape index (κ2) is 9.10. The fourth-order valence-corrected chi connectivity index (χ4v) is 4.22. The van der Waals surface area contributed by atoms with Crippen LogP contribution in [0.1, 0.15) is 20.9 Å². The normalized spacial score (nSPS) is 10.7. The molecule has 0 bridgehead atoms. The van der Waals surface area contributed by atoms with Gasteiger partial charge in [-0.3, -0.25) is 9.52 Å². The fraction of sp³-hybridized carbons (Fsp3) is 0.143. The summed E-state index contributed by atoms with van der Waals surface area (Å²) in [5, 5.41) is 4.95. The van der Waals surface area contributed by atoms with Crippen LogP contribution in [0.4, 0.5) is 10.8 Å². The molecule has 0 saturated carbocycles. The van der Waals surface area contributed by atoms with Crippen molar-refractivity contribution in [1.29, 1.82) is 0 Å². The summed E-state index contributed by atoms with van der Waals surface area (Å²) in [7, 11) is 0. The zero-order valence-corrected chi connectivity index (χ0v) is 18.2. The van der Waals surface area contributed by atoms with Crippen molar-refractivity contribution in [2.45, 2.75) is 13.5 Å². The molecule has 0 aliphatic heterocycles. The number of amides is 1. The summed E-state index contributed by atoms with van der Waals surface area (Å²) >= 11 is 2.78. The number of nitrogens with zero attached hydrogens (tertiary/aromatic N) is 5. The number of hydrogen-bond donors (Lipinski definition) is 1. The minimum Gasteiger partial charge on any atom is -0.313 e. The number of thiazole rings is 1. The van der Waals surface area contributed by atoms with E-state index in [9.17, 15) is 4.79 Å². The maximum Gasteiger partial charge on any atom is 0.280 e. The highest BCUT2D eigenvalue weighted by atomic mass is 32.2. The first-order chi connectivity index (χ1) is 14.7. The molecule has 0 radical (unpaired) electrons. The second-order valence-corrected chi connectivity index (χ2v) is 8.26. The lowest BCUT2D eigenvalue weighted by molar-refractivity contribution is 0.0980. The van der Waals surface area contributed by atoms with E-state index < -0.39 is 0 Å².